The molecule has 0 aromatic heterocycles. The van der Waals surface area contributed by atoms with Crippen LogP contribution >= 0.6 is 22.6 Å². The van der Waals surface area contributed by atoms with E-state index in [0.717, 1.165) is 14.9 Å². The molecule has 1 aliphatic rings. The molecule has 2 aromatic carbocycles. The fourth-order valence-electron chi connectivity index (χ4n) is 3.06. The molecule has 1 aliphatic heterocycles. The Labute approximate surface area is 168 Å². The zero-order valence-electron chi connectivity index (χ0n) is 15.6. The molecule has 0 radical (unpaired) electrons. The quantitative estimate of drug-likeness (QED) is 0.638. The Morgan fingerprint density at radius 3 is 2.38 bits per heavy atom. The van der Waals surface area contributed by atoms with E-state index < -0.39 is 5.79 Å². The molecule has 1 N–H and O–H groups in total. The van der Waals surface area contributed by atoms with Gasteiger partial charge in [0.05, 0.1) is 10.2 Å². The SMILES string of the molecule is CC1(C)OC[C@H](COc2ccc(C(C)(C)c3ccc(O)c(I)c3)cc2)O1. The van der Waals surface area contributed by atoms with Gasteiger partial charge in [-0.1, -0.05) is 32.0 Å². The smallest absolute Gasteiger partial charge is 0.163 e. The minimum Gasteiger partial charge on any atom is -0.507 e. The summed E-state index contributed by atoms with van der Waals surface area (Å²) in [7, 11) is 0. The van der Waals surface area contributed by atoms with Crippen LogP contribution in [-0.2, 0) is 14.9 Å². The summed E-state index contributed by atoms with van der Waals surface area (Å²) in [5, 5.41) is 9.75. The summed E-state index contributed by atoms with van der Waals surface area (Å²) < 4.78 is 18.0. The van der Waals surface area contributed by atoms with Crippen LogP contribution in [-0.4, -0.2) is 30.2 Å². The van der Waals surface area contributed by atoms with E-state index in [2.05, 4.69) is 48.6 Å². The topological polar surface area (TPSA) is 47.9 Å². The van der Waals surface area contributed by atoms with Crippen LogP contribution in [0.5, 0.6) is 11.5 Å². The molecule has 1 heterocycles. The average molecular weight is 468 g/mol. The molecule has 0 saturated carbocycles. The number of ether oxygens (including phenoxy) is 3. The van der Waals surface area contributed by atoms with E-state index in [9.17, 15) is 5.11 Å². The first-order chi connectivity index (χ1) is 12.2. The molecule has 0 aliphatic carbocycles. The largest absolute Gasteiger partial charge is 0.507 e. The van der Waals surface area contributed by atoms with Gasteiger partial charge in [-0.05, 0) is 71.8 Å². The monoisotopic (exact) mass is 468 g/mol. The van der Waals surface area contributed by atoms with Crippen LogP contribution in [0.15, 0.2) is 42.5 Å². The third-order valence-electron chi connectivity index (χ3n) is 4.75. The van der Waals surface area contributed by atoms with E-state index in [1.165, 1.54) is 5.56 Å². The average Bonchev–Trinajstić information content (AvgIpc) is 2.95. The van der Waals surface area contributed by atoms with Gasteiger partial charge in [-0.3, -0.25) is 0 Å². The van der Waals surface area contributed by atoms with Gasteiger partial charge in [-0.15, -0.1) is 0 Å². The molecule has 140 valence electrons. The number of phenols is 1. The molecular weight excluding hydrogens is 443 g/mol. The molecule has 0 amide bonds. The Hall–Kier alpha value is -1.31. The second-order valence-corrected chi connectivity index (χ2v) is 8.74. The molecule has 3 rings (SSSR count). The summed E-state index contributed by atoms with van der Waals surface area (Å²) in [5.41, 5.74) is 2.18. The standard InChI is InChI=1S/C21H25IO4/c1-20(2,15-7-10-19(23)18(22)11-15)14-5-8-16(9-6-14)24-12-17-13-25-21(3,4)26-17/h5-11,17,23H,12-13H2,1-4H3/t17-/m0/s1. The minimum atomic E-state index is -0.524. The number of halogens is 1. The Kier molecular flexibility index (Phi) is 5.51. The maximum absolute atomic E-state index is 9.75. The predicted molar refractivity (Wildman–Crippen MR) is 110 cm³/mol. The van der Waals surface area contributed by atoms with E-state index in [1.54, 1.807) is 6.07 Å². The minimum absolute atomic E-state index is 0.0415. The van der Waals surface area contributed by atoms with Crippen molar-refractivity contribution >= 4 is 22.6 Å². The fourth-order valence-corrected chi connectivity index (χ4v) is 3.58. The van der Waals surface area contributed by atoms with E-state index in [4.69, 9.17) is 14.2 Å². The molecule has 0 bridgehead atoms. The highest BCUT2D eigenvalue weighted by Gasteiger charge is 2.33. The van der Waals surface area contributed by atoms with Gasteiger partial charge in [0.15, 0.2) is 5.79 Å². The van der Waals surface area contributed by atoms with Crippen LogP contribution in [0.4, 0.5) is 0 Å². The molecule has 1 saturated heterocycles. The van der Waals surface area contributed by atoms with Crippen molar-refractivity contribution in [1.82, 2.24) is 0 Å². The van der Waals surface area contributed by atoms with E-state index in [1.807, 2.05) is 38.1 Å². The normalized spacial score (nSPS) is 19.5. The summed E-state index contributed by atoms with van der Waals surface area (Å²) >= 11 is 2.15. The van der Waals surface area contributed by atoms with Crippen molar-refractivity contribution in [3.63, 3.8) is 0 Å². The number of hydrogen-bond donors (Lipinski definition) is 1. The van der Waals surface area contributed by atoms with Crippen LogP contribution in [0.3, 0.4) is 0 Å². The second-order valence-electron chi connectivity index (χ2n) is 7.58. The van der Waals surface area contributed by atoms with Gasteiger partial charge >= 0.3 is 0 Å². The van der Waals surface area contributed by atoms with E-state index in [0.29, 0.717) is 19.0 Å². The summed E-state index contributed by atoms with van der Waals surface area (Å²) in [6.45, 7) is 9.21. The van der Waals surface area contributed by atoms with Crippen LogP contribution in [0.2, 0.25) is 0 Å². The van der Waals surface area contributed by atoms with Crippen molar-refractivity contribution in [3.05, 3.63) is 57.2 Å². The van der Waals surface area contributed by atoms with Crippen molar-refractivity contribution in [1.29, 1.82) is 0 Å². The number of phenolic OH excluding ortho intramolecular Hbond substituents is 1. The van der Waals surface area contributed by atoms with Gasteiger partial charge in [0, 0.05) is 5.41 Å². The van der Waals surface area contributed by atoms with Crippen molar-refractivity contribution in [3.8, 4) is 11.5 Å². The van der Waals surface area contributed by atoms with Gasteiger partial charge in [0.1, 0.15) is 24.2 Å². The third kappa shape index (κ3) is 4.32. The Morgan fingerprint density at radius 1 is 1.15 bits per heavy atom. The number of hydrogen-bond acceptors (Lipinski definition) is 4. The third-order valence-corrected chi connectivity index (χ3v) is 5.61. The molecular formula is C21H25IO4. The van der Waals surface area contributed by atoms with Gasteiger partial charge in [0.2, 0.25) is 0 Å². The molecule has 5 heteroatoms. The number of aromatic hydroxyl groups is 1. The molecule has 2 aromatic rings. The zero-order valence-corrected chi connectivity index (χ0v) is 17.7. The predicted octanol–water partition coefficient (Wildman–Crippen LogP) is 4.85. The Morgan fingerprint density at radius 2 is 1.81 bits per heavy atom. The highest BCUT2D eigenvalue weighted by atomic mass is 127. The molecule has 1 fully saturated rings. The second kappa shape index (κ2) is 7.37. The number of benzene rings is 2. The van der Waals surface area contributed by atoms with Gasteiger partial charge in [-0.25, -0.2) is 0 Å². The lowest BCUT2D eigenvalue weighted by Crippen LogP contribution is -2.25. The van der Waals surface area contributed by atoms with Crippen molar-refractivity contribution in [2.75, 3.05) is 13.2 Å². The van der Waals surface area contributed by atoms with Crippen LogP contribution in [0.25, 0.3) is 0 Å². The lowest BCUT2D eigenvalue weighted by Gasteiger charge is -2.26. The lowest BCUT2D eigenvalue weighted by molar-refractivity contribution is -0.141. The van der Waals surface area contributed by atoms with E-state index in [-0.39, 0.29) is 11.5 Å². The van der Waals surface area contributed by atoms with Gasteiger partial charge < -0.3 is 19.3 Å². The first kappa shape index (κ1) is 19.5. The van der Waals surface area contributed by atoms with Crippen LogP contribution < -0.4 is 4.74 Å². The Bertz CT molecular complexity index is 768. The molecule has 0 unspecified atom stereocenters. The highest BCUT2D eigenvalue weighted by Crippen LogP contribution is 2.35. The van der Waals surface area contributed by atoms with Gasteiger partial charge in [0.25, 0.3) is 0 Å². The fraction of sp³-hybridized carbons (Fsp3) is 0.429. The van der Waals surface area contributed by atoms with Crippen molar-refractivity contribution in [2.24, 2.45) is 0 Å². The summed E-state index contributed by atoms with van der Waals surface area (Å²) in [6.07, 6.45) is -0.0415. The summed E-state index contributed by atoms with van der Waals surface area (Å²) in [4.78, 5) is 0. The summed E-state index contributed by atoms with van der Waals surface area (Å²) in [6, 6.07) is 13.9. The van der Waals surface area contributed by atoms with Crippen molar-refractivity contribution in [2.45, 2.75) is 45.0 Å². The van der Waals surface area contributed by atoms with Crippen LogP contribution in [0.1, 0.15) is 38.8 Å². The van der Waals surface area contributed by atoms with E-state index >= 15 is 0 Å². The van der Waals surface area contributed by atoms with Gasteiger partial charge in [-0.2, -0.15) is 0 Å². The molecule has 4 nitrogen and oxygen atoms in total. The maximum atomic E-state index is 9.75. The number of rotatable bonds is 5. The molecule has 0 spiro atoms. The summed E-state index contributed by atoms with van der Waals surface area (Å²) in [5.74, 6) is 0.608. The van der Waals surface area contributed by atoms with Crippen LogP contribution in [0, 0.1) is 3.57 Å². The lowest BCUT2D eigenvalue weighted by atomic mass is 9.78. The molecule has 1 atom stereocenters. The first-order valence-corrected chi connectivity index (χ1v) is 9.79. The Balaban J connectivity index is 1.67. The van der Waals surface area contributed by atoms with Crippen molar-refractivity contribution < 1.29 is 19.3 Å². The maximum Gasteiger partial charge on any atom is 0.163 e. The first-order valence-electron chi connectivity index (χ1n) is 8.71. The molecule has 26 heavy (non-hydrogen) atoms. The zero-order chi connectivity index (χ0) is 18.9. The highest BCUT2D eigenvalue weighted by molar-refractivity contribution is 14.1.